The number of nitrogens with two attached hydrogens (primary N) is 1. The smallest absolute Gasteiger partial charge is 0.223 e. The molecule has 0 unspecified atom stereocenters. The SMILES string of the molecule is Cc1nc(N)nc(COC2C3CC4CC(C3)CC2C4)n1. The summed E-state index contributed by atoms with van der Waals surface area (Å²) in [6.07, 6.45) is 7.38. The highest BCUT2D eigenvalue weighted by molar-refractivity contribution is 5.15. The van der Waals surface area contributed by atoms with Crippen LogP contribution in [0.25, 0.3) is 0 Å². The number of hydrogen-bond donors (Lipinski definition) is 1. The number of nitrogen functional groups attached to an aromatic ring is 1. The highest BCUT2D eigenvalue weighted by atomic mass is 16.5. The lowest BCUT2D eigenvalue weighted by Crippen LogP contribution is -2.49. The molecule has 0 saturated heterocycles. The molecule has 4 aliphatic rings. The first-order chi connectivity index (χ1) is 9.67. The van der Waals surface area contributed by atoms with Crippen LogP contribution >= 0.6 is 0 Å². The van der Waals surface area contributed by atoms with Gasteiger partial charge in [0.15, 0.2) is 5.82 Å². The third-order valence-electron chi connectivity index (χ3n) is 5.36. The Morgan fingerprint density at radius 2 is 1.65 bits per heavy atom. The second-order valence-corrected chi connectivity index (χ2v) is 6.86. The highest BCUT2D eigenvalue weighted by Gasteiger charge is 2.48. The van der Waals surface area contributed by atoms with Gasteiger partial charge in [-0.25, -0.2) is 4.98 Å². The highest BCUT2D eigenvalue weighted by Crippen LogP contribution is 2.54. The van der Waals surface area contributed by atoms with Crippen molar-refractivity contribution < 1.29 is 4.74 Å². The van der Waals surface area contributed by atoms with Crippen molar-refractivity contribution >= 4 is 5.95 Å². The van der Waals surface area contributed by atoms with E-state index in [1.165, 1.54) is 32.1 Å². The van der Waals surface area contributed by atoms with E-state index in [0.717, 1.165) is 23.7 Å². The third kappa shape index (κ3) is 2.18. The van der Waals surface area contributed by atoms with Gasteiger partial charge in [0.05, 0.1) is 6.10 Å². The Labute approximate surface area is 119 Å². The maximum Gasteiger partial charge on any atom is 0.223 e. The molecule has 1 aromatic rings. The van der Waals surface area contributed by atoms with E-state index < -0.39 is 0 Å². The van der Waals surface area contributed by atoms with E-state index in [1.54, 1.807) is 0 Å². The fourth-order valence-electron chi connectivity index (χ4n) is 4.94. The van der Waals surface area contributed by atoms with E-state index in [9.17, 15) is 0 Å². The molecule has 108 valence electrons. The second kappa shape index (κ2) is 4.65. The maximum atomic E-state index is 6.21. The van der Waals surface area contributed by atoms with E-state index in [2.05, 4.69) is 15.0 Å². The molecule has 0 radical (unpaired) electrons. The zero-order valence-corrected chi connectivity index (χ0v) is 12.0. The molecule has 0 spiro atoms. The normalized spacial score (nSPS) is 38.4. The summed E-state index contributed by atoms with van der Waals surface area (Å²) >= 11 is 0. The number of nitrogens with zero attached hydrogens (tertiary/aromatic N) is 3. The molecular formula is C15H22N4O. The largest absolute Gasteiger partial charge is 0.370 e. The zero-order valence-electron chi connectivity index (χ0n) is 12.0. The summed E-state index contributed by atoms with van der Waals surface area (Å²) < 4.78 is 6.21. The number of hydrogen-bond acceptors (Lipinski definition) is 5. The van der Waals surface area contributed by atoms with Crippen LogP contribution in [0, 0.1) is 30.6 Å². The second-order valence-electron chi connectivity index (χ2n) is 6.86. The van der Waals surface area contributed by atoms with Crippen LogP contribution in [0.1, 0.15) is 43.8 Å². The van der Waals surface area contributed by atoms with Crippen LogP contribution < -0.4 is 5.73 Å². The Morgan fingerprint density at radius 3 is 2.25 bits per heavy atom. The average molecular weight is 274 g/mol. The van der Waals surface area contributed by atoms with Crippen molar-refractivity contribution in [2.24, 2.45) is 23.7 Å². The first-order valence-electron chi connectivity index (χ1n) is 7.76. The minimum absolute atomic E-state index is 0.293. The van der Waals surface area contributed by atoms with Gasteiger partial charge < -0.3 is 10.5 Å². The van der Waals surface area contributed by atoms with Crippen LogP contribution in [0.5, 0.6) is 0 Å². The van der Waals surface area contributed by atoms with Gasteiger partial charge in [0.2, 0.25) is 5.95 Å². The predicted molar refractivity (Wildman–Crippen MR) is 74.6 cm³/mol. The van der Waals surface area contributed by atoms with Gasteiger partial charge in [-0.05, 0) is 62.7 Å². The van der Waals surface area contributed by atoms with E-state index >= 15 is 0 Å². The van der Waals surface area contributed by atoms with Crippen molar-refractivity contribution in [3.8, 4) is 0 Å². The third-order valence-corrected chi connectivity index (χ3v) is 5.36. The van der Waals surface area contributed by atoms with Gasteiger partial charge in [0.1, 0.15) is 12.4 Å². The topological polar surface area (TPSA) is 73.9 Å². The monoisotopic (exact) mass is 274 g/mol. The first-order valence-corrected chi connectivity index (χ1v) is 7.76. The number of ether oxygens (including phenoxy) is 1. The molecule has 2 N–H and O–H groups in total. The molecule has 0 aliphatic heterocycles. The molecule has 4 saturated carbocycles. The Kier molecular flexibility index (Phi) is 2.91. The Balaban J connectivity index is 1.44. The molecule has 5 rings (SSSR count). The van der Waals surface area contributed by atoms with Crippen molar-refractivity contribution in [2.45, 2.75) is 51.7 Å². The van der Waals surface area contributed by atoms with Gasteiger partial charge in [-0.3, -0.25) is 0 Å². The Hall–Kier alpha value is -1.23. The zero-order chi connectivity index (χ0) is 13.7. The first kappa shape index (κ1) is 12.5. The van der Waals surface area contributed by atoms with E-state index in [0.29, 0.717) is 30.3 Å². The minimum atomic E-state index is 0.293. The minimum Gasteiger partial charge on any atom is -0.370 e. The molecule has 1 aromatic heterocycles. The average Bonchev–Trinajstić information content (AvgIpc) is 2.35. The maximum absolute atomic E-state index is 6.21. The lowest BCUT2D eigenvalue weighted by molar-refractivity contribution is -0.133. The van der Waals surface area contributed by atoms with Gasteiger partial charge in [-0.2, -0.15) is 9.97 Å². The van der Waals surface area contributed by atoms with Crippen LogP contribution in [0.15, 0.2) is 0 Å². The van der Waals surface area contributed by atoms with Crippen LogP contribution in [0.2, 0.25) is 0 Å². The fourth-order valence-corrected chi connectivity index (χ4v) is 4.94. The molecule has 4 aliphatic carbocycles. The predicted octanol–water partition coefficient (Wildman–Crippen LogP) is 2.10. The molecule has 0 amide bonds. The standard InChI is InChI=1S/C15H22N4O/c1-8-17-13(19-15(16)18-8)7-20-14-11-3-9-2-10(5-11)6-12(14)4-9/h9-12,14H,2-7H2,1H3,(H2,16,17,18,19). The van der Waals surface area contributed by atoms with Gasteiger partial charge in [-0.15, -0.1) is 0 Å². The van der Waals surface area contributed by atoms with E-state index in [1.807, 2.05) is 6.92 Å². The van der Waals surface area contributed by atoms with Gasteiger partial charge >= 0.3 is 0 Å². The van der Waals surface area contributed by atoms with Crippen molar-refractivity contribution in [3.05, 3.63) is 11.6 Å². The van der Waals surface area contributed by atoms with Crippen molar-refractivity contribution in [3.63, 3.8) is 0 Å². The Morgan fingerprint density at radius 1 is 1.00 bits per heavy atom. The molecule has 4 bridgehead atoms. The molecule has 0 aromatic carbocycles. The van der Waals surface area contributed by atoms with E-state index in [4.69, 9.17) is 10.5 Å². The van der Waals surface area contributed by atoms with Crippen LogP contribution in [0.3, 0.4) is 0 Å². The molecule has 4 fully saturated rings. The number of anilines is 1. The van der Waals surface area contributed by atoms with Crippen LogP contribution in [-0.4, -0.2) is 21.1 Å². The summed E-state index contributed by atoms with van der Waals surface area (Å²) in [6, 6.07) is 0. The quantitative estimate of drug-likeness (QED) is 0.913. The van der Waals surface area contributed by atoms with E-state index in [-0.39, 0.29) is 0 Å². The summed E-state index contributed by atoms with van der Waals surface area (Å²) in [6.45, 7) is 2.31. The molecule has 5 nitrogen and oxygen atoms in total. The van der Waals surface area contributed by atoms with Crippen molar-refractivity contribution in [1.29, 1.82) is 0 Å². The number of aryl methyl sites for hydroxylation is 1. The van der Waals surface area contributed by atoms with Gasteiger partial charge in [0.25, 0.3) is 0 Å². The summed E-state index contributed by atoms with van der Waals surface area (Å²) in [5.74, 6) is 5.13. The summed E-state index contributed by atoms with van der Waals surface area (Å²) in [5.41, 5.74) is 5.67. The number of rotatable bonds is 3. The molecule has 1 heterocycles. The van der Waals surface area contributed by atoms with Crippen LogP contribution in [-0.2, 0) is 11.3 Å². The lowest BCUT2D eigenvalue weighted by Gasteiger charge is -2.53. The van der Waals surface area contributed by atoms with Crippen molar-refractivity contribution in [2.75, 3.05) is 5.73 Å². The van der Waals surface area contributed by atoms with Crippen molar-refractivity contribution in [1.82, 2.24) is 15.0 Å². The van der Waals surface area contributed by atoms with Gasteiger partial charge in [0, 0.05) is 0 Å². The molecule has 5 heteroatoms. The molecular weight excluding hydrogens is 252 g/mol. The summed E-state index contributed by atoms with van der Waals surface area (Å²) in [5, 5.41) is 0. The Bertz CT molecular complexity index is 470. The summed E-state index contributed by atoms with van der Waals surface area (Å²) in [4.78, 5) is 12.5. The lowest BCUT2D eigenvalue weighted by atomic mass is 9.55. The fraction of sp³-hybridized carbons (Fsp3) is 0.800. The summed E-state index contributed by atoms with van der Waals surface area (Å²) in [7, 11) is 0. The molecule has 0 atom stereocenters. The number of aromatic nitrogens is 3. The van der Waals surface area contributed by atoms with Crippen LogP contribution in [0.4, 0.5) is 5.95 Å². The van der Waals surface area contributed by atoms with Gasteiger partial charge in [-0.1, -0.05) is 0 Å². The molecule has 20 heavy (non-hydrogen) atoms.